The van der Waals surface area contributed by atoms with Crippen LogP contribution in [-0.2, 0) is 6.54 Å². The standard InChI is InChI=1S/C13H14FNOS/c1-9(10-4-5-17-8-10)15-7-11-6-12(14)2-3-13(11)16/h2-6,8-9,15-16H,7H2,1H3. The van der Waals surface area contributed by atoms with Gasteiger partial charge < -0.3 is 10.4 Å². The number of phenolic OH excluding ortho intramolecular Hbond substituents is 1. The molecule has 0 radical (unpaired) electrons. The quantitative estimate of drug-likeness (QED) is 0.872. The highest BCUT2D eigenvalue weighted by atomic mass is 32.1. The third-order valence-electron chi connectivity index (χ3n) is 2.68. The van der Waals surface area contributed by atoms with Crippen molar-refractivity contribution in [1.82, 2.24) is 5.32 Å². The van der Waals surface area contributed by atoms with Crippen molar-refractivity contribution in [2.24, 2.45) is 0 Å². The van der Waals surface area contributed by atoms with E-state index in [0.29, 0.717) is 12.1 Å². The number of benzene rings is 1. The first-order valence-electron chi connectivity index (χ1n) is 5.39. The van der Waals surface area contributed by atoms with Crippen molar-refractivity contribution in [3.05, 3.63) is 52.0 Å². The lowest BCUT2D eigenvalue weighted by Crippen LogP contribution is -2.17. The Bertz CT molecular complexity index is 484. The molecule has 0 fully saturated rings. The van der Waals surface area contributed by atoms with E-state index in [0.717, 1.165) is 0 Å². The van der Waals surface area contributed by atoms with E-state index in [1.165, 1.54) is 23.8 Å². The monoisotopic (exact) mass is 251 g/mol. The molecule has 0 aliphatic heterocycles. The Balaban J connectivity index is 2.00. The predicted octanol–water partition coefficient (Wildman–Crippen LogP) is 3.44. The van der Waals surface area contributed by atoms with E-state index in [9.17, 15) is 9.50 Å². The minimum atomic E-state index is -0.331. The fourth-order valence-corrected chi connectivity index (χ4v) is 2.35. The lowest BCUT2D eigenvalue weighted by Gasteiger charge is -2.13. The molecule has 0 saturated carbocycles. The molecule has 1 atom stereocenters. The average molecular weight is 251 g/mol. The van der Waals surface area contributed by atoms with Crippen molar-refractivity contribution in [2.45, 2.75) is 19.5 Å². The summed E-state index contributed by atoms with van der Waals surface area (Å²) < 4.78 is 13.0. The lowest BCUT2D eigenvalue weighted by molar-refractivity contribution is 0.457. The van der Waals surface area contributed by atoms with Crippen molar-refractivity contribution >= 4 is 11.3 Å². The van der Waals surface area contributed by atoms with Crippen molar-refractivity contribution in [3.63, 3.8) is 0 Å². The first-order valence-corrected chi connectivity index (χ1v) is 6.34. The van der Waals surface area contributed by atoms with E-state index in [2.05, 4.69) is 10.7 Å². The number of thiophene rings is 1. The Labute approximate surface area is 104 Å². The van der Waals surface area contributed by atoms with E-state index >= 15 is 0 Å². The molecule has 1 heterocycles. The second-order valence-corrected chi connectivity index (χ2v) is 4.71. The number of rotatable bonds is 4. The minimum Gasteiger partial charge on any atom is -0.508 e. The molecule has 0 bridgehead atoms. The van der Waals surface area contributed by atoms with Crippen LogP contribution in [0, 0.1) is 5.82 Å². The number of halogens is 1. The second kappa shape index (κ2) is 5.29. The molecule has 2 aromatic rings. The fraction of sp³-hybridized carbons (Fsp3) is 0.231. The molecule has 2 N–H and O–H groups in total. The van der Waals surface area contributed by atoms with Crippen LogP contribution in [0.5, 0.6) is 5.75 Å². The van der Waals surface area contributed by atoms with Crippen LogP contribution < -0.4 is 5.32 Å². The van der Waals surface area contributed by atoms with Gasteiger partial charge in [-0.15, -0.1) is 0 Å². The van der Waals surface area contributed by atoms with Gasteiger partial charge in [-0.2, -0.15) is 11.3 Å². The van der Waals surface area contributed by atoms with Gasteiger partial charge in [-0.25, -0.2) is 4.39 Å². The number of hydrogen-bond donors (Lipinski definition) is 2. The fourth-order valence-electron chi connectivity index (χ4n) is 1.60. The first-order chi connectivity index (χ1) is 8.16. The summed E-state index contributed by atoms with van der Waals surface area (Å²) in [5.41, 5.74) is 1.78. The Morgan fingerprint density at radius 3 is 2.94 bits per heavy atom. The van der Waals surface area contributed by atoms with Crippen molar-refractivity contribution in [3.8, 4) is 5.75 Å². The predicted molar refractivity (Wildman–Crippen MR) is 67.6 cm³/mol. The highest BCUT2D eigenvalue weighted by molar-refractivity contribution is 7.07. The van der Waals surface area contributed by atoms with E-state index < -0.39 is 0 Å². The molecule has 2 rings (SSSR count). The van der Waals surface area contributed by atoms with Gasteiger partial charge in [0, 0.05) is 18.2 Å². The summed E-state index contributed by atoms with van der Waals surface area (Å²) in [6.45, 7) is 2.49. The van der Waals surface area contributed by atoms with Crippen LogP contribution in [0.15, 0.2) is 35.0 Å². The molecule has 0 saturated heterocycles. The van der Waals surface area contributed by atoms with Crippen LogP contribution in [0.4, 0.5) is 4.39 Å². The van der Waals surface area contributed by atoms with Gasteiger partial charge in [0.15, 0.2) is 0 Å². The van der Waals surface area contributed by atoms with Crippen LogP contribution in [0.1, 0.15) is 24.1 Å². The molecule has 2 nitrogen and oxygen atoms in total. The lowest BCUT2D eigenvalue weighted by atomic mass is 10.1. The topological polar surface area (TPSA) is 32.3 Å². The van der Waals surface area contributed by atoms with Crippen molar-refractivity contribution in [2.75, 3.05) is 0 Å². The molecule has 0 aliphatic rings. The summed E-state index contributed by atoms with van der Waals surface area (Å²) in [5, 5.41) is 16.9. The summed E-state index contributed by atoms with van der Waals surface area (Å²) in [6, 6.07) is 6.21. The maximum atomic E-state index is 13.0. The summed E-state index contributed by atoms with van der Waals surface area (Å²) in [5.74, 6) is -0.209. The van der Waals surface area contributed by atoms with Crippen LogP contribution in [0.2, 0.25) is 0 Å². The van der Waals surface area contributed by atoms with Crippen LogP contribution in [0.3, 0.4) is 0 Å². The Morgan fingerprint density at radius 1 is 1.41 bits per heavy atom. The zero-order valence-corrected chi connectivity index (χ0v) is 10.3. The first kappa shape index (κ1) is 12.1. The molecule has 4 heteroatoms. The normalized spacial score (nSPS) is 12.6. The van der Waals surface area contributed by atoms with Gasteiger partial charge in [0.1, 0.15) is 11.6 Å². The number of nitrogens with one attached hydrogen (secondary N) is 1. The van der Waals surface area contributed by atoms with E-state index in [-0.39, 0.29) is 17.6 Å². The zero-order chi connectivity index (χ0) is 12.3. The summed E-state index contributed by atoms with van der Waals surface area (Å²) >= 11 is 1.65. The Kier molecular flexibility index (Phi) is 3.76. The average Bonchev–Trinajstić information content (AvgIpc) is 2.83. The number of aromatic hydroxyl groups is 1. The SMILES string of the molecule is CC(NCc1cc(F)ccc1O)c1ccsc1. The molecule has 90 valence electrons. The number of phenols is 1. The highest BCUT2D eigenvalue weighted by Gasteiger charge is 2.07. The van der Waals surface area contributed by atoms with Crippen LogP contribution >= 0.6 is 11.3 Å². The molecule has 1 aromatic heterocycles. The van der Waals surface area contributed by atoms with Gasteiger partial charge >= 0.3 is 0 Å². The Hall–Kier alpha value is -1.39. The van der Waals surface area contributed by atoms with Crippen molar-refractivity contribution < 1.29 is 9.50 Å². The molecule has 0 amide bonds. The highest BCUT2D eigenvalue weighted by Crippen LogP contribution is 2.20. The molecule has 1 unspecified atom stereocenters. The molecule has 0 aliphatic carbocycles. The summed E-state index contributed by atoms with van der Waals surface area (Å²) in [6.07, 6.45) is 0. The summed E-state index contributed by atoms with van der Waals surface area (Å²) in [7, 11) is 0. The summed E-state index contributed by atoms with van der Waals surface area (Å²) in [4.78, 5) is 0. The largest absolute Gasteiger partial charge is 0.508 e. The van der Waals surface area contributed by atoms with Gasteiger partial charge in [-0.3, -0.25) is 0 Å². The van der Waals surface area contributed by atoms with Crippen molar-refractivity contribution in [1.29, 1.82) is 0 Å². The second-order valence-electron chi connectivity index (χ2n) is 3.93. The smallest absolute Gasteiger partial charge is 0.123 e. The van der Waals surface area contributed by atoms with Crippen LogP contribution in [0.25, 0.3) is 0 Å². The van der Waals surface area contributed by atoms with E-state index in [4.69, 9.17) is 0 Å². The van der Waals surface area contributed by atoms with Gasteiger partial charge in [0.25, 0.3) is 0 Å². The third-order valence-corrected chi connectivity index (χ3v) is 3.38. The van der Waals surface area contributed by atoms with Crippen LogP contribution in [-0.4, -0.2) is 5.11 Å². The van der Waals surface area contributed by atoms with E-state index in [1.54, 1.807) is 11.3 Å². The van der Waals surface area contributed by atoms with Gasteiger partial charge in [-0.1, -0.05) is 0 Å². The molecule has 1 aromatic carbocycles. The third kappa shape index (κ3) is 3.05. The molecular weight excluding hydrogens is 237 g/mol. The minimum absolute atomic E-state index is 0.122. The van der Waals surface area contributed by atoms with Gasteiger partial charge in [0.2, 0.25) is 0 Å². The number of hydrogen-bond acceptors (Lipinski definition) is 3. The Morgan fingerprint density at radius 2 is 2.24 bits per heavy atom. The molecule has 17 heavy (non-hydrogen) atoms. The van der Waals surface area contributed by atoms with Gasteiger partial charge in [0.05, 0.1) is 0 Å². The maximum Gasteiger partial charge on any atom is 0.123 e. The maximum absolute atomic E-state index is 13.0. The van der Waals surface area contributed by atoms with Gasteiger partial charge in [-0.05, 0) is 47.5 Å². The van der Waals surface area contributed by atoms with E-state index in [1.807, 2.05) is 18.4 Å². The molecule has 0 spiro atoms. The zero-order valence-electron chi connectivity index (χ0n) is 9.48. The molecular formula is C13H14FNOS.